The van der Waals surface area contributed by atoms with Crippen LogP contribution in [0.4, 0.5) is 0 Å². The predicted octanol–water partition coefficient (Wildman–Crippen LogP) is 13.4. The van der Waals surface area contributed by atoms with Crippen molar-refractivity contribution in [1.82, 2.24) is 10.6 Å². The number of allylic oxidation sites excluding steroid dienone is 11. The summed E-state index contributed by atoms with van der Waals surface area (Å²) >= 11 is 0. The summed E-state index contributed by atoms with van der Waals surface area (Å²) in [5.41, 5.74) is 8.57. The van der Waals surface area contributed by atoms with Crippen molar-refractivity contribution in [3.63, 3.8) is 0 Å². The maximum Gasteiger partial charge on any atom is 0.0282 e. The van der Waals surface area contributed by atoms with Crippen molar-refractivity contribution >= 4 is 6.21 Å². The van der Waals surface area contributed by atoms with E-state index in [0.29, 0.717) is 17.9 Å². The number of nitrogens with one attached hydrogen (secondary N) is 3. The molecule has 1 aliphatic heterocycles. The first-order valence-corrected chi connectivity index (χ1v) is 23.6. The molecule has 9 atom stereocenters. The number of rotatable bonds is 19. The molecule has 6 rings (SSSR count). The van der Waals surface area contributed by atoms with Crippen molar-refractivity contribution in [3.05, 3.63) is 70.4 Å². The van der Waals surface area contributed by atoms with Crippen molar-refractivity contribution in [2.45, 2.75) is 174 Å². The summed E-state index contributed by atoms with van der Waals surface area (Å²) in [5.74, 6) is 6.29. The Morgan fingerprint density at radius 3 is 2.59 bits per heavy atom. The fraction of sp³-hybridized carbons (Fsp3) is 0.745. The van der Waals surface area contributed by atoms with Crippen LogP contribution in [-0.2, 0) is 0 Å². The molecule has 0 radical (unpaired) electrons. The van der Waals surface area contributed by atoms with Gasteiger partial charge in [0.2, 0.25) is 0 Å². The van der Waals surface area contributed by atoms with Gasteiger partial charge in [-0.25, -0.2) is 0 Å². The normalized spacial score (nSPS) is 31.2. The molecule has 3 N–H and O–H groups in total. The molecule has 6 unspecified atom stereocenters. The molecule has 3 heteroatoms. The van der Waals surface area contributed by atoms with Crippen molar-refractivity contribution in [2.24, 2.45) is 47.3 Å². The highest BCUT2D eigenvalue weighted by Crippen LogP contribution is 2.44. The van der Waals surface area contributed by atoms with E-state index < -0.39 is 0 Å². The third-order valence-electron chi connectivity index (χ3n) is 15.4. The van der Waals surface area contributed by atoms with E-state index >= 15 is 0 Å². The molecule has 5 aliphatic carbocycles. The van der Waals surface area contributed by atoms with E-state index in [1.807, 2.05) is 16.7 Å². The Bertz CT molecular complexity index is 1350. The molecule has 1 saturated carbocycles. The van der Waals surface area contributed by atoms with Gasteiger partial charge in [-0.2, -0.15) is 0 Å². The molecule has 1 heterocycles. The molecular formula is C51H81N3. The molecule has 2 fully saturated rings. The molecular weight excluding hydrogens is 655 g/mol. The second kappa shape index (κ2) is 22.1. The van der Waals surface area contributed by atoms with Gasteiger partial charge < -0.3 is 16.0 Å². The molecule has 6 aliphatic rings. The zero-order valence-electron chi connectivity index (χ0n) is 35.2. The Balaban J connectivity index is 1.02. The first-order chi connectivity index (χ1) is 26.5. The first kappa shape index (κ1) is 41.7. The fourth-order valence-electron chi connectivity index (χ4n) is 11.7. The molecule has 3 nitrogen and oxygen atoms in total. The van der Waals surface area contributed by atoms with Gasteiger partial charge in [0.15, 0.2) is 0 Å². The second-order valence-electron chi connectivity index (χ2n) is 19.0. The highest BCUT2D eigenvalue weighted by molar-refractivity contribution is 5.53. The van der Waals surface area contributed by atoms with Gasteiger partial charge in [0.05, 0.1) is 0 Å². The Morgan fingerprint density at radius 1 is 0.926 bits per heavy atom. The van der Waals surface area contributed by atoms with Crippen LogP contribution in [-0.4, -0.2) is 31.9 Å². The van der Waals surface area contributed by atoms with Crippen LogP contribution in [0, 0.1) is 52.8 Å². The lowest BCUT2D eigenvalue weighted by Gasteiger charge is -2.36. The van der Waals surface area contributed by atoms with Crippen molar-refractivity contribution in [2.75, 3.05) is 19.6 Å². The minimum absolute atomic E-state index is 0.636. The van der Waals surface area contributed by atoms with Gasteiger partial charge in [-0.1, -0.05) is 104 Å². The van der Waals surface area contributed by atoms with Crippen molar-refractivity contribution in [3.8, 4) is 0 Å². The van der Waals surface area contributed by atoms with E-state index in [1.54, 1.807) is 5.57 Å². The van der Waals surface area contributed by atoms with Crippen LogP contribution in [0.3, 0.4) is 0 Å². The molecule has 0 spiro atoms. The average Bonchev–Trinajstić information content (AvgIpc) is 3.77. The summed E-state index contributed by atoms with van der Waals surface area (Å²) in [6.07, 6.45) is 49.6. The summed E-state index contributed by atoms with van der Waals surface area (Å²) in [5, 5.41) is 15.2. The summed E-state index contributed by atoms with van der Waals surface area (Å²) < 4.78 is 0. The average molecular weight is 736 g/mol. The quantitative estimate of drug-likeness (QED) is 0.0703. The lowest BCUT2D eigenvalue weighted by Crippen LogP contribution is -2.39. The molecule has 300 valence electrons. The van der Waals surface area contributed by atoms with Crippen LogP contribution in [0.5, 0.6) is 0 Å². The monoisotopic (exact) mass is 736 g/mol. The molecule has 0 bridgehead atoms. The van der Waals surface area contributed by atoms with Gasteiger partial charge in [0, 0.05) is 6.04 Å². The third kappa shape index (κ3) is 12.0. The fourth-order valence-corrected chi connectivity index (χ4v) is 11.7. The van der Waals surface area contributed by atoms with Gasteiger partial charge in [-0.05, 0) is 208 Å². The van der Waals surface area contributed by atoms with E-state index in [9.17, 15) is 0 Å². The predicted molar refractivity (Wildman–Crippen MR) is 234 cm³/mol. The van der Waals surface area contributed by atoms with Crippen LogP contribution in [0.1, 0.15) is 168 Å². The van der Waals surface area contributed by atoms with E-state index in [2.05, 4.69) is 73.9 Å². The van der Waals surface area contributed by atoms with Gasteiger partial charge >= 0.3 is 0 Å². The standard InChI is InChI=1S/C51H81N3/c1-4-5-14-46(49-31-33-53-36-49)34-39(3)45-17-11-18-47(35-45)42-29-27-41(28-30-42)38(2)21-24-48(43-25-22-40(23-26-43)13-7-6-10-32-52)37-54-51-20-12-16-44-15-8-9-19-50(44)51/h7,13,22-23,25,29,32,34,38,41,43,45-49,51-54H,4-6,8-12,14-21,24,26-28,30-31,33,35-37H2,1-3H3/b13-7+,39-34+,52-32?/t38?,41-,43?,45?,46?,47?,48-,49?,51-/m1/s1. The smallest absolute Gasteiger partial charge is 0.0282 e. The van der Waals surface area contributed by atoms with Gasteiger partial charge in [0.1, 0.15) is 0 Å². The maximum atomic E-state index is 7.32. The van der Waals surface area contributed by atoms with Crippen LogP contribution in [0.2, 0.25) is 0 Å². The molecule has 0 aromatic carbocycles. The van der Waals surface area contributed by atoms with E-state index in [1.165, 1.54) is 166 Å². The SMILES string of the molecule is CCCCC(/C=C(\C)C1CCCC(C2=CC[C@@H](C(C)CC[C@H](CN[C@@H]3CCCC4=C3CCCC4)C3C=CC(/C=C/CCC=N)=CC3)CC2)C1)C1CCNC1. The summed E-state index contributed by atoms with van der Waals surface area (Å²) in [6.45, 7) is 11.1. The van der Waals surface area contributed by atoms with Gasteiger partial charge in [0.25, 0.3) is 0 Å². The minimum Gasteiger partial charge on any atom is -0.316 e. The Hall–Kier alpha value is -1.97. The zero-order valence-corrected chi connectivity index (χ0v) is 35.2. The Labute approximate surface area is 333 Å². The van der Waals surface area contributed by atoms with Crippen LogP contribution < -0.4 is 10.6 Å². The highest BCUT2D eigenvalue weighted by atomic mass is 14.9. The molecule has 0 aromatic heterocycles. The largest absolute Gasteiger partial charge is 0.316 e. The van der Waals surface area contributed by atoms with Gasteiger partial charge in [-0.3, -0.25) is 0 Å². The Morgan fingerprint density at radius 2 is 1.81 bits per heavy atom. The van der Waals surface area contributed by atoms with Crippen molar-refractivity contribution in [1.29, 1.82) is 5.41 Å². The van der Waals surface area contributed by atoms with E-state index in [4.69, 9.17) is 5.41 Å². The number of unbranched alkanes of at least 4 members (excludes halogenated alkanes) is 2. The number of hydrogen-bond acceptors (Lipinski definition) is 3. The van der Waals surface area contributed by atoms with Gasteiger partial charge in [-0.15, -0.1) is 0 Å². The maximum absolute atomic E-state index is 7.32. The topological polar surface area (TPSA) is 47.9 Å². The first-order valence-electron chi connectivity index (χ1n) is 23.6. The minimum atomic E-state index is 0.636. The highest BCUT2D eigenvalue weighted by Gasteiger charge is 2.32. The molecule has 54 heavy (non-hydrogen) atoms. The molecule has 1 saturated heterocycles. The van der Waals surface area contributed by atoms with E-state index in [0.717, 1.165) is 48.3 Å². The summed E-state index contributed by atoms with van der Waals surface area (Å²) in [4.78, 5) is 0. The lowest BCUT2D eigenvalue weighted by molar-refractivity contribution is 0.248. The van der Waals surface area contributed by atoms with Crippen LogP contribution >= 0.6 is 0 Å². The molecule has 0 amide bonds. The summed E-state index contributed by atoms with van der Waals surface area (Å²) in [7, 11) is 0. The van der Waals surface area contributed by atoms with Crippen LogP contribution in [0.15, 0.2) is 70.4 Å². The zero-order chi connectivity index (χ0) is 37.5. The van der Waals surface area contributed by atoms with Crippen LogP contribution in [0.25, 0.3) is 0 Å². The third-order valence-corrected chi connectivity index (χ3v) is 15.4. The van der Waals surface area contributed by atoms with E-state index in [-0.39, 0.29) is 0 Å². The summed E-state index contributed by atoms with van der Waals surface area (Å²) in [6, 6.07) is 0.636. The van der Waals surface area contributed by atoms with Crippen molar-refractivity contribution < 1.29 is 0 Å². The Kier molecular flexibility index (Phi) is 17.0. The molecule has 0 aromatic rings. The second-order valence-corrected chi connectivity index (χ2v) is 19.0. The lowest BCUT2D eigenvalue weighted by atomic mass is 9.70. The number of hydrogen-bond donors (Lipinski definition) is 3.